The predicted molar refractivity (Wildman–Crippen MR) is 101 cm³/mol. The lowest BCUT2D eigenvalue weighted by molar-refractivity contribution is -0.125. The predicted octanol–water partition coefficient (Wildman–Crippen LogP) is 3.62. The Kier molecular flexibility index (Phi) is 5.38. The number of ether oxygens (including phenoxy) is 1. The zero-order chi connectivity index (χ0) is 18.0. The maximum absolute atomic E-state index is 11.4. The van der Waals surface area contributed by atoms with E-state index in [1.54, 1.807) is 7.11 Å². The summed E-state index contributed by atoms with van der Waals surface area (Å²) >= 11 is 0. The summed E-state index contributed by atoms with van der Waals surface area (Å²) in [7, 11) is 1.76. The molecule has 0 aromatic heterocycles. The van der Waals surface area contributed by atoms with Gasteiger partial charge in [-0.15, -0.1) is 0 Å². The molecule has 1 aromatic carbocycles. The molecule has 0 unspecified atom stereocenters. The summed E-state index contributed by atoms with van der Waals surface area (Å²) in [6.07, 6.45) is 4.15. The van der Waals surface area contributed by atoms with E-state index >= 15 is 0 Å². The molecule has 2 aliphatic rings. The smallest absolute Gasteiger partial charge is 0.220 e. The third-order valence-corrected chi connectivity index (χ3v) is 6.16. The molecule has 0 saturated carbocycles. The number of hydrogen-bond acceptors (Lipinski definition) is 3. The fourth-order valence-corrected chi connectivity index (χ4v) is 4.24. The first-order valence-electron chi connectivity index (χ1n) is 9.59. The second-order valence-corrected chi connectivity index (χ2v) is 8.23. The van der Waals surface area contributed by atoms with Gasteiger partial charge in [-0.25, -0.2) is 0 Å². The molecule has 2 saturated heterocycles. The van der Waals surface area contributed by atoms with Gasteiger partial charge in [0.05, 0.1) is 7.11 Å². The van der Waals surface area contributed by atoms with Gasteiger partial charge >= 0.3 is 0 Å². The van der Waals surface area contributed by atoms with Crippen LogP contribution in [0.3, 0.4) is 0 Å². The van der Waals surface area contributed by atoms with E-state index in [2.05, 4.69) is 43.1 Å². The van der Waals surface area contributed by atoms with Crippen molar-refractivity contribution in [3.05, 3.63) is 28.8 Å². The van der Waals surface area contributed by atoms with Crippen molar-refractivity contribution in [1.82, 2.24) is 10.2 Å². The monoisotopic (exact) mass is 344 g/mol. The number of benzene rings is 1. The summed E-state index contributed by atoms with van der Waals surface area (Å²) in [6, 6.07) is 4.52. The molecule has 3 rings (SSSR count). The lowest BCUT2D eigenvalue weighted by Gasteiger charge is -2.44. The van der Waals surface area contributed by atoms with Gasteiger partial charge in [0.15, 0.2) is 0 Å². The first-order chi connectivity index (χ1) is 11.9. The van der Waals surface area contributed by atoms with Crippen LogP contribution in [0.15, 0.2) is 12.1 Å². The number of carbonyl (C=O) groups excluding carboxylic acids is 1. The van der Waals surface area contributed by atoms with Crippen molar-refractivity contribution in [3.63, 3.8) is 0 Å². The molecule has 0 atom stereocenters. The van der Waals surface area contributed by atoms with Crippen LogP contribution in [-0.2, 0) is 11.3 Å². The lowest BCUT2D eigenvalue weighted by Crippen LogP contribution is -2.49. The standard InChI is InChI=1S/C21H32N2O2/c1-15(2)18-12-17(16(3)11-19(18)25-4)13-23-9-7-21(8-10-23)6-5-20(24)22-14-21/h11-12,15H,5-10,13-14H2,1-4H3,(H,22,24). The van der Waals surface area contributed by atoms with Crippen LogP contribution in [0, 0.1) is 12.3 Å². The maximum atomic E-state index is 11.4. The van der Waals surface area contributed by atoms with Crippen molar-refractivity contribution < 1.29 is 9.53 Å². The van der Waals surface area contributed by atoms with E-state index in [9.17, 15) is 4.79 Å². The van der Waals surface area contributed by atoms with E-state index in [0.717, 1.165) is 38.3 Å². The number of methoxy groups -OCH3 is 1. The SMILES string of the molecule is COc1cc(C)c(CN2CCC3(CCC(=O)NC3)CC2)cc1C(C)C. The molecule has 4 nitrogen and oxygen atoms in total. The summed E-state index contributed by atoms with van der Waals surface area (Å²) in [5.41, 5.74) is 4.37. The van der Waals surface area contributed by atoms with Crippen molar-refractivity contribution in [2.24, 2.45) is 5.41 Å². The lowest BCUT2D eigenvalue weighted by atomic mass is 9.73. The molecular formula is C21H32N2O2. The van der Waals surface area contributed by atoms with Gasteiger partial charge in [-0.3, -0.25) is 9.69 Å². The molecular weight excluding hydrogens is 312 g/mol. The summed E-state index contributed by atoms with van der Waals surface area (Å²) < 4.78 is 5.57. The molecule has 2 heterocycles. The Bertz CT molecular complexity index is 619. The van der Waals surface area contributed by atoms with E-state index in [0.29, 0.717) is 17.8 Å². The number of nitrogens with one attached hydrogen (secondary N) is 1. The molecule has 2 aliphatic heterocycles. The molecule has 0 radical (unpaired) electrons. The number of aryl methyl sites for hydroxylation is 1. The van der Waals surface area contributed by atoms with Gasteiger partial charge < -0.3 is 10.1 Å². The summed E-state index contributed by atoms with van der Waals surface area (Å²) in [5.74, 6) is 1.69. The van der Waals surface area contributed by atoms with E-state index in [1.165, 1.54) is 29.5 Å². The number of rotatable bonds is 4. The van der Waals surface area contributed by atoms with E-state index < -0.39 is 0 Å². The molecule has 1 amide bonds. The molecule has 1 spiro atoms. The van der Waals surface area contributed by atoms with Gasteiger partial charge in [0.2, 0.25) is 5.91 Å². The van der Waals surface area contributed by atoms with Crippen LogP contribution in [-0.4, -0.2) is 37.6 Å². The van der Waals surface area contributed by atoms with Gasteiger partial charge in [-0.1, -0.05) is 19.9 Å². The Morgan fingerprint density at radius 2 is 1.96 bits per heavy atom. The van der Waals surface area contributed by atoms with Gasteiger partial charge in [-0.2, -0.15) is 0 Å². The Balaban J connectivity index is 1.66. The second-order valence-electron chi connectivity index (χ2n) is 8.23. The second kappa shape index (κ2) is 7.36. The third-order valence-electron chi connectivity index (χ3n) is 6.16. The van der Waals surface area contributed by atoms with Crippen molar-refractivity contribution >= 4 is 5.91 Å². The average Bonchev–Trinajstić information content (AvgIpc) is 2.61. The van der Waals surface area contributed by atoms with Gasteiger partial charge in [0, 0.05) is 19.5 Å². The van der Waals surface area contributed by atoms with Crippen LogP contribution in [0.25, 0.3) is 0 Å². The Morgan fingerprint density at radius 1 is 1.24 bits per heavy atom. The Morgan fingerprint density at radius 3 is 2.52 bits per heavy atom. The minimum absolute atomic E-state index is 0.225. The van der Waals surface area contributed by atoms with Gasteiger partial charge in [0.25, 0.3) is 0 Å². The maximum Gasteiger partial charge on any atom is 0.220 e. The van der Waals surface area contributed by atoms with E-state index in [-0.39, 0.29) is 5.91 Å². The van der Waals surface area contributed by atoms with Crippen LogP contribution in [0.2, 0.25) is 0 Å². The molecule has 138 valence electrons. The summed E-state index contributed by atoms with van der Waals surface area (Å²) in [4.78, 5) is 14.0. The molecule has 0 aliphatic carbocycles. The number of nitrogens with zero attached hydrogens (tertiary/aromatic N) is 1. The first kappa shape index (κ1) is 18.2. The highest BCUT2D eigenvalue weighted by Crippen LogP contribution is 2.38. The van der Waals surface area contributed by atoms with Gasteiger partial charge in [0.1, 0.15) is 5.75 Å². The highest BCUT2D eigenvalue weighted by atomic mass is 16.5. The first-order valence-corrected chi connectivity index (χ1v) is 9.59. The average molecular weight is 344 g/mol. The molecule has 0 bridgehead atoms. The van der Waals surface area contributed by atoms with Crippen LogP contribution in [0.1, 0.15) is 62.1 Å². The quantitative estimate of drug-likeness (QED) is 0.907. The summed E-state index contributed by atoms with van der Waals surface area (Å²) in [5, 5.41) is 3.08. The van der Waals surface area contributed by atoms with E-state index in [4.69, 9.17) is 4.74 Å². The minimum atomic E-state index is 0.225. The molecule has 1 N–H and O–H groups in total. The number of likely N-dealkylation sites (tertiary alicyclic amines) is 1. The van der Waals surface area contributed by atoms with Crippen molar-refractivity contribution in [1.29, 1.82) is 0 Å². The normalized spacial score (nSPS) is 20.8. The van der Waals surface area contributed by atoms with Crippen LogP contribution >= 0.6 is 0 Å². The molecule has 4 heteroatoms. The summed E-state index contributed by atoms with van der Waals surface area (Å²) in [6.45, 7) is 10.8. The Labute approximate surface area is 151 Å². The van der Waals surface area contributed by atoms with E-state index in [1.807, 2.05) is 0 Å². The zero-order valence-corrected chi connectivity index (χ0v) is 16.2. The molecule has 1 aromatic rings. The molecule has 2 fully saturated rings. The molecule has 25 heavy (non-hydrogen) atoms. The number of hydrogen-bond donors (Lipinski definition) is 1. The van der Waals surface area contributed by atoms with Crippen LogP contribution in [0.4, 0.5) is 0 Å². The number of carbonyl (C=O) groups is 1. The van der Waals surface area contributed by atoms with Crippen LogP contribution < -0.4 is 10.1 Å². The van der Waals surface area contributed by atoms with Crippen LogP contribution in [0.5, 0.6) is 5.75 Å². The van der Waals surface area contributed by atoms with Crippen molar-refractivity contribution in [2.75, 3.05) is 26.7 Å². The highest BCUT2D eigenvalue weighted by molar-refractivity contribution is 5.76. The zero-order valence-electron chi connectivity index (χ0n) is 16.2. The fourth-order valence-electron chi connectivity index (χ4n) is 4.24. The van der Waals surface area contributed by atoms with Gasteiger partial charge in [-0.05, 0) is 73.4 Å². The van der Waals surface area contributed by atoms with Crippen molar-refractivity contribution in [2.45, 2.75) is 58.9 Å². The third kappa shape index (κ3) is 4.00. The fraction of sp³-hybridized carbons (Fsp3) is 0.667. The largest absolute Gasteiger partial charge is 0.496 e. The van der Waals surface area contributed by atoms with Crippen molar-refractivity contribution in [3.8, 4) is 5.75 Å². The number of piperidine rings is 2. The topological polar surface area (TPSA) is 41.6 Å². The minimum Gasteiger partial charge on any atom is -0.496 e. The number of amides is 1. The Hall–Kier alpha value is -1.55. The highest BCUT2D eigenvalue weighted by Gasteiger charge is 2.37.